The number of halogens is 3. The summed E-state index contributed by atoms with van der Waals surface area (Å²) in [6.45, 7) is 1.80. The summed E-state index contributed by atoms with van der Waals surface area (Å²) < 4.78 is 77.9. The Labute approximate surface area is 185 Å². The molecule has 4 rings (SSSR count). The van der Waals surface area contributed by atoms with Crippen LogP contribution in [0.2, 0.25) is 0 Å². The number of likely N-dealkylation sites (tertiary alicyclic amines) is 1. The maximum Gasteiger partial charge on any atom is 0.416 e. The van der Waals surface area contributed by atoms with Crippen molar-refractivity contribution in [3.8, 4) is 11.5 Å². The van der Waals surface area contributed by atoms with E-state index >= 15 is 0 Å². The van der Waals surface area contributed by atoms with E-state index in [1.807, 2.05) is 12.1 Å². The standard InChI is InChI=1S/C22H25F3N2O4S/c23-22(24,25)16-8-10-17(11-9-16)32(28,29)26-14-19(27-12-3-1-2-4-13-27)18-6-5-7-20-21(18)31-15-30-20/h5-11,19,26H,1-4,12-15H2. The van der Waals surface area contributed by atoms with Crippen LogP contribution in [0.1, 0.15) is 42.9 Å². The van der Waals surface area contributed by atoms with Crippen LogP contribution in [0.4, 0.5) is 13.2 Å². The Bertz CT molecular complexity index is 1030. The molecule has 1 unspecified atom stereocenters. The Morgan fingerprint density at radius 2 is 1.66 bits per heavy atom. The summed E-state index contributed by atoms with van der Waals surface area (Å²) in [4.78, 5) is 2.03. The lowest BCUT2D eigenvalue weighted by Crippen LogP contribution is -2.38. The van der Waals surface area contributed by atoms with E-state index < -0.39 is 21.8 Å². The fourth-order valence-corrected chi connectivity index (χ4v) is 5.19. The first-order valence-electron chi connectivity index (χ1n) is 10.6. The maximum absolute atomic E-state index is 12.8. The highest BCUT2D eigenvalue weighted by molar-refractivity contribution is 7.89. The van der Waals surface area contributed by atoms with Gasteiger partial charge in [-0.05, 0) is 56.3 Å². The van der Waals surface area contributed by atoms with Gasteiger partial charge >= 0.3 is 6.18 Å². The molecule has 1 fully saturated rings. The van der Waals surface area contributed by atoms with Crippen LogP contribution >= 0.6 is 0 Å². The third kappa shape index (κ3) is 5.02. The van der Waals surface area contributed by atoms with Crippen molar-refractivity contribution in [2.24, 2.45) is 0 Å². The van der Waals surface area contributed by atoms with E-state index in [9.17, 15) is 21.6 Å². The third-order valence-electron chi connectivity index (χ3n) is 5.83. The second-order valence-electron chi connectivity index (χ2n) is 7.92. The van der Waals surface area contributed by atoms with Crippen molar-refractivity contribution in [1.82, 2.24) is 9.62 Å². The van der Waals surface area contributed by atoms with E-state index in [1.165, 1.54) is 0 Å². The molecule has 0 bridgehead atoms. The van der Waals surface area contributed by atoms with Crippen LogP contribution in [-0.4, -0.2) is 39.7 Å². The van der Waals surface area contributed by atoms with Crippen molar-refractivity contribution in [3.63, 3.8) is 0 Å². The van der Waals surface area contributed by atoms with E-state index in [-0.39, 0.29) is 24.3 Å². The maximum atomic E-state index is 12.8. The minimum Gasteiger partial charge on any atom is -0.454 e. The first kappa shape index (κ1) is 22.9. The number of ether oxygens (including phenoxy) is 2. The summed E-state index contributed by atoms with van der Waals surface area (Å²) in [7, 11) is -4.00. The van der Waals surface area contributed by atoms with Crippen LogP contribution < -0.4 is 14.2 Å². The molecule has 174 valence electrons. The van der Waals surface area contributed by atoms with Crippen molar-refractivity contribution in [2.75, 3.05) is 26.4 Å². The lowest BCUT2D eigenvalue weighted by molar-refractivity contribution is -0.137. The first-order valence-corrected chi connectivity index (χ1v) is 12.0. The molecule has 0 aliphatic carbocycles. The third-order valence-corrected chi connectivity index (χ3v) is 7.27. The van der Waals surface area contributed by atoms with Gasteiger partial charge in [-0.3, -0.25) is 4.90 Å². The molecule has 0 saturated carbocycles. The quantitative estimate of drug-likeness (QED) is 0.681. The molecular formula is C22H25F3N2O4S. The van der Waals surface area contributed by atoms with E-state index in [1.54, 1.807) is 6.07 Å². The molecule has 2 aromatic carbocycles. The van der Waals surface area contributed by atoms with Gasteiger partial charge in [0.2, 0.25) is 16.8 Å². The van der Waals surface area contributed by atoms with Gasteiger partial charge in [0, 0.05) is 12.1 Å². The fraction of sp³-hybridized carbons (Fsp3) is 0.455. The second-order valence-corrected chi connectivity index (χ2v) is 9.69. The number of para-hydroxylation sites is 1. The number of nitrogens with zero attached hydrogens (tertiary/aromatic N) is 1. The van der Waals surface area contributed by atoms with Crippen LogP contribution in [0.25, 0.3) is 0 Å². The summed E-state index contributed by atoms with van der Waals surface area (Å²) in [5.74, 6) is 1.23. The van der Waals surface area contributed by atoms with Gasteiger partial charge in [-0.2, -0.15) is 13.2 Å². The van der Waals surface area contributed by atoms with Crippen molar-refractivity contribution in [1.29, 1.82) is 0 Å². The smallest absolute Gasteiger partial charge is 0.416 e. The zero-order chi connectivity index (χ0) is 22.8. The Morgan fingerprint density at radius 3 is 2.31 bits per heavy atom. The number of nitrogens with one attached hydrogen (secondary N) is 1. The van der Waals surface area contributed by atoms with Crippen LogP contribution in [0.3, 0.4) is 0 Å². The number of alkyl halides is 3. The minimum absolute atomic E-state index is 0.0587. The highest BCUT2D eigenvalue weighted by Gasteiger charge is 2.32. The molecule has 0 amide bonds. The topological polar surface area (TPSA) is 67.9 Å². The van der Waals surface area contributed by atoms with Gasteiger partial charge in [-0.15, -0.1) is 0 Å². The van der Waals surface area contributed by atoms with Crippen molar-refractivity contribution in [2.45, 2.75) is 42.8 Å². The number of benzene rings is 2. The number of hydrogen-bond donors (Lipinski definition) is 1. The Morgan fingerprint density at radius 1 is 0.969 bits per heavy atom. The van der Waals surface area contributed by atoms with Crippen LogP contribution in [-0.2, 0) is 16.2 Å². The van der Waals surface area contributed by atoms with Gasteiger partial charge in [0.15, 0.2) is 11.5 Å². The van der Waals surface area contributed by atoms with E-state index in [2.05, 4.69) is 9.62 Å². The molecule has 6 nitrogen and oxygen atoms in total. The summed E-state index contributed by atoms with van der Waals surface area (Å²) >= 11 is 0. The Balaban J connectivity index is 1.58. The van der Waals surface area contributed by atoms with Gasteiger partial charge in [0.25, 0.3) is 0 Å². The SMILES string of the molecule is O=S(=O)(NCC(c1cccc2c1OCO2)N1CCCCCC1)c1ccc(C(F)(F)F)cc1. The summed E-state index contributed by atoms with van der Waals surface area (Å²) in [6.07, 6.45) is -0.271. The zero-order valence-corrected chi connectivity index (χ0v) is 18.2. The molecule has 0 radical (unpaired) electrons. The number of hydrogen-bond acceptors (Lipinski definition) is 5. The number of sulfonamides is 1. The van der Waals surface area contributed by atoms with Crippen LogP contribution in [0.15, 0.2) is 47.4 Å². The lowest BCUT2D eigenvalue weighted by Gasteiger charge is -2.31. The van der Waals surface area contributed by atoms with E-state index in [0.29, 0.717) is 11.5 Å². The van der Waals surface area contributed by atoms with Crippen LogP contribution in [0, 0.1) is 0 Å². The zero-order valence-electron chi connectivity index (χ0n) is 17.4. The van der Waals surface area contributed by atoms with Gasteiger partial charge in [-0.25, -0.2) is 13.1 Å². The van der Waals surface area contributed by atoms with Gasteiger partial charge in [-0.1, -0.05) is 25.0 Å². The van der Waals surface area contributed by atoms with E-state index in [4.69, 9.17) is 9.47 Å². The predicted molar refractivity (Wildman–Crippen MR) is 112 cm³/mol. The average Bonchev–Trinajstić information content (AvgIpc) is 3.09. The van der Waals surface area contributed by atoms with Crippen molar-refractivity contribution >= 4 is 10.0 Å². The van der Waals surface area contributed by atoms with Gasteiger partial charge < -0.3 is 9.47 Å². The molecule has 2 aliphatic rings. The number of fused-ring (bicyclic) bond motifs is 1. The minimum atomic E-state index is -4.52. The normalized spacial score (nSPS) is 18.3. The largest absolute Gasteiger partial charge is 0.454 e. The second kappa shape index (κ2) is 9.29. The Kier molecular flexibility index (Phi) is 6.64. The highest BCUT2D eigenvalue weighted by atomic mass is 32.2. The van der Waals surface area contributed by atoms with Gasteiger partial charge in [0.05, 0.1) is 16.5 Å². The van der Waals surface area contributed by atoms with Crippen LogP contribution in [0.5, 0.6) is 11.5 Å². The monoisotopic (exact) mass is 470 g/mol. The molecule has 10 heteroatoms. The van der Waals surface area contributed by atoms with Crippen molar-refractivity contribution in [3.05, 3.63) is 53.6 Å². The molecule has 32 heavy (non-hydrogen) atoms. The summed E-state index contributed by atoms with van der Waals surface area (Å²) in [5.41, 5.74) is -0.0621. The van der Waals surface area contributed by atoms with E-state index in [0.717, 1.165) is 68.6 Å². The molecule has 1 saturated heterocycles. The van der Waals surface area contributed by atoms with Gasteiger partial charge in [0.1, 0.15) is 0 Å². The fourth-order valence-electron chi connectivity index (χ4n) is 4.15. The van der Waals surface area contributed by atoms with Crippen molar-refractivity contribution < 1.29 is 31.1 Å². The Hall–Kier alpha value is -2.30. The summed E-state index contributed by atoms with van der Waals surface area (Å²) in [5, 5.41) is 0. The predicted octanol–water partition coefficient (Wildman–Crippen LogP) is 4.33. The average molecular weight is 471 g/mol. The molecule has 2 heterocycles. The molecule has 0 spiro atoms. The lowest BCUT2D eigenvalue weighted by atomic mass is 10.0. The molecule has 1 atom stereocenters. The number of rotatable bonds is 6. The summed E-state index contributed by atoms with van der Waals surface area (Å²) in [6, 6.07) is 8.75. The molecule has 1 N–H and O–H groups in total. The molecular weight excluding hydrogens is 445 g/mol. The molecule has 0 aromatic heterocycles. The molecule has 2 aromatic rings. The highest BCUT2D eigenvalue weighted by Crippen LogP contribution is 2.40. The first-order chi connectivity index (χ1) is 15.3. The molecule has 2 aliphatic heterocycles.